The lowest BCUT2D eigenvalue weighted by Gasteiger charge is -2.07. The van der Waals surface area contributed by atoms with Crippen LogP contribution in [0.3, 0.4) is 0 Å². The molecule has 0 saturated heterocycles. The molecule has 4 aromatic rings. The number of amides is 1. The molecule has 34 heavy (non-hydrogen) atoms. The van der Waals surface area contributed by atoms with Crippen molar-refractivity contribution in [3.63, 3.8) is 0 Å². The fraction of sp³-hybridized carbons (Fsp3) is 0.0870. The van der Waals surface area contributed by atoms with Gasteiger partial charge in [-0.15, -0.1) is 10.2 Å². The van der Waals surface area contributed by atoms with E-state index in [1.165, 1.54) is 16.8 Å². The van der Waals surface area contributed by atoms with E-state index >= 15 is 0 Å². The van der Waals surface area contributed by atoms with Crippen LogP contribution in [0.1, 0.15) is 5.82 Å². The third kappa shape index (κ3) is 6.17. The van der Waals surface area contributed by atoms with Gasteiger partial charge in [0, 0.05) is 5.69 Å². The number of anilines is 1. The minimum Gasteiger partial charge on any atom is -0.482 e. The van der Waals surface area contributed by atoms with Crippen LogP contribution in [0.4, 0.5) is 21.5 Å². The number of benzene rings is 3. The van der Waals surface area contributed by atoms with Gasteiger partial charge in [0.1, 0.15) is 6.61 Å². The van der Waals surface area contributed by atoms with Crippen molar-refractivity contribution in [1.29, 1.82) is 0 Å². The van der Waals surface area contributed by atoms with Gasteiger partial charge in [0.05, 0.1) is 17.1 Å². The summed E-state index contributed by atoms with van der Waals surface area (Å²) < 4.78 is 20.3. The summed E-state index contributed by atoms with van der Waals surface area (Å²) in [6.45, 7) is -0.0643. The molecule has 1 heterocycles. The van der Waals surface area contributed by atoms with Gasteiger partial charge in [-0.1, -0.05) is 42.1 Å². The highest BCUT2D eigenvalue weighted by Gasteiger charge is 2.14. The molecule has 0 aliphatic heterocycles. The minimum atomic E-state index is -0.482. The molecule has 0 bridgehead atoms. The van der Waals surface area contributed by atoms with Crippen LogP contribution in [-0.4, -0.2) is 26.5 Å². The van der Waals surface area contributed by atoms with E-state index in [2.05, 4.69) is 25.7 Å². The number of ether oxygens (including phenoxy) is 1. The van der Waals surface area contributed by atoms with E-state index in [0.29, 0.717) is 22.4 Å². The molecule has 4 rings (SSSR count). The second-order valence-electron chi connectivity index (χ2n) is 6.91. The average Bonchev–Trinajstić information content (AvgIpc) is 3.21. The molecule has 0 spiro atoms. The molecular weight excluding hydrogens is 457 g/mol. The summed E-state index contributed by atoms with van der Waals surface area (Å²) in [6, 6.07) is 22.4. The van der Waals surface area contributed by atoms with E-state index in [-0.39, 0.29) is 24.0 Å². The Morgan fingerprint density at radius 1 is 0.971 bits per heavy atom. The molecule has 0 fully saturated rings. The average molecular weight is 478 g/mol. The molecule has 1 amide bonds. The van der Waals surface area contributed by atoms with Gasteiger partial charge >= 0.3 is 0 Å². The Morgan fingerprint density at radius 3 is 2.38 bits per heavy atom. The molecular formula is C23H20FN7O2S. The number of carbonyl (C=O) groups excluding carboxylic acids is 1. The van der Waals surface area contributed by atoms with Crippen molar-refractivity contribution in [1.82, 2.24) is 14.9 Å². The summed E-state index contributed by atoms with van der Waals surface area (Å²) in [6.07, 6.45) is 0. The van der Waals surface area contributed by atoms with Gasteiger partial charge in [-0.25, -0.2) is 9.07 Å². The van der Waals surface area contributed by atoms with Gasteiger partial charge in [0.15, 0.2) is 17.4 Å². The van der Waals surface area contributed by atoms with Crippen molar-refractivity contribution in [2.75, 3.05) is 16.9 Å². The van der Waals surface area contributed by atoms with Crippen molar-refractivity contribution in [2.45, 2.75) is 11.8 Å². The first-order valence-corrected chi connectivity index (χ1v) is 11.1. The molecule has 3 N–H and O–H groups in total. The number of para-hydroxylation sites is 1. The molecule has 0 aliphatic carbocycles. The predicted molar refractivity (Wildman–Crippen MR) is 127 cm³/mol. The summed E-state index contributed by atoms with van der Waals surface area (Å²) in [5.41, 5.74) is 2.04. The Morgan fingerprint density at radius 2 is 1.65 bits per heavy atom. The van der Waals surface area contributed by atoms with Crippen LogP contribution in [0.25, 0.3) is 0 Å². The van der Waals surface area contributed by atoms with Crippen molar-refractivity contribution in [3.05, 3.63) is 90.5 Å². The highest BCUT2D eigenvalue weighted by molar-refractivity contribution is 7.99. The standard InChI is InChI=1S/C23H20FN7O2S/c24-19-8-4-5-9-20(19)33-14-21-29-30-23(31(21)25)34-15-22(32)26-16-10-12-18(13-11-16)28-27-17-6-2-1-3-7-17/h1-13H,14-15,25H2,(H,26,32). The van der Waals surface area contributed by atoms with Crippen molar-refractivity contribution >= 4 is 34.7 Å². The van der Waals surface area contributed by atoms with Crippen LogP contribution in [0.15, 0.2) is 94.2 Å². The van der Waals surface area contributed by atoms with Crippen LogP contribution in [0.5, 0.6) is 5.75 Å². The van der Waals surface area contributed by atoms with Gasteiger partial charge in [-0.3, -0.25) is 4.79 Å². The Balaban J connectivity index is 1.26. The van der Waals surface area contributed by atoms with Crippen LogP contribution < -0.4 is 15.9 Å². The minimum absolute atomic E-state index is 0.0643. The zero-order valence-electron chi connectivity index (χ0n) is 17.8. The summed E-state index contributed by atoms with van der Waals surface area (Å²) >= 11 is 1.12. The number of nitrogens with zero attached hydrogens (tertiary/aromatic N) is 5. The number of nitrogens with one attached hydrogen (secondary N) is 1. The lowest BCUT2D eigenvalue weighted by molar-refractivity contribution is -0.113. The maximum Gasteiger partial charge on any atom is 0.234 e. The summed E-state index contributed by atoms with van der Waals surface area (Å²) in [4.78, 5) is 12.3. The van der Waals surface area contributed by atoms with E-state index in [1.54, 1.807) is 36.4 Å². The zero-order valence-corrected chi connectivity index (χ0v) is 18.7. The Labute approximate surface area is 198 Å². The van der Waals surface area contributed by atoms with Crippen LogP contribution >= 0.6 is 11.8 Å². The smallest absolute Gasteiger partial charge is 0.234 e. The first-order valence-electron chi connectivity index (χ1n) is 10.1. The number of azo groups is 1. The molecule has 11 heteroatoms. The first-order chi connectivity index (χ1) is 16.6. The molecule has 3 aromatic carbocycles. The van der Waals surface area contributed by atoms with E-state index in [9.17, 15) is 9.18 Å². The normalized spacial score (nSPS) is 11.0. The number of nitrogens with two attached hydrogens (primary N) is 1. The molecule has 9 nitrogen and oxygen atoms in total. The number of rotatable bonds is 9. The number of halogens is 1. The number of hydrogen-bond donors (Lipinski definition) is 2. The van der Waals surface area contributed by atoms with Crippen molar-refractivity contribution in [3.8, 4) is 5.75 Å². The van der Waals surface area contributed by atoms with E-state index in [1.807, 2.05) is 30.3 Å². The van der Waals surface area contributed by atoms with E-state index in [4.69, 9.17) is 10.6 Å². The van der Waals surface area contributed by atoms with Gasteiger partial charge in [0.25, 0.3) is 0 Å². The number of thioether (sulfide) groups is 1. The molecule has 0 atom stereocenters. The SMILES string of the molecule is Nn1c(COc2ccccc2F)nnc1SCC(=O)Nc1ccc(N=Nc2ccccc2)cc1. The topological polar surface area (TPSA) is 120 Å². The third-order valence-electron chi connectivity index (χ3n) is 4.45. The van der Waals surface area contributed by atoms with Crippen LogP contribution in [-0.2, 0) is 11.4 Å². The van der Waals surface area contributed by atoms with Crippen LogP contribution in [0, 0.1) is 5.82 Å². The monoisotopic (exact) mass is 477 g/mol. The van der Waals surface area contributed by atoms with Gasteiger partial charge in [-0.2, -0.15) is 10.2 Å². The first kappa shape index (κ1) is 22.9. The highest BCUT2D eigenvalue weighted by Crippen LogP contribution is 2.21. The number of aromatic nitrogens is 3. The van der Waals surface area contributed by atoms with Gasteiger partial charge in [-0.05, 0) is 48.5 Å². The van der Waals surface area contributed by atoms with Crippen molar-refractivity contribution < 1.29 is 13.9 Å². The quantitative estimate of drug-likeness (QED) is 0.202. The van der Waals surface area contributed by atoms with Crippen LogP contribution in [0.2, 0.25) is 0 Å². The zero-order chi connectivity index (χ0) is 23.8. The van der Waals surface area contributed by atoms with E-state index in [0.717, 1.165) is 17.4 Å². The number of carbonyl (C=O) groups is 1. The number of nitrogen functional groups attached to an aromatic ring is 1. The highest BCUT2D eigenvalue weighted by atomic mass is 32.2. The molecule has 0 unspecified atom stereocenters. The molecule has 0 aliphatic rings. The fourth-order valence-electron chi connectivity index (χ4n) is 2.76. The number of hydrogen-bond acceptors (Lipinski definition) is 8. The lowest BCUT2D eigenvalue weighted by atomic mass is 10.3. The predicted octanol–water partition coefficient (Wildman–Crippen LogP) is 4.86. The van der Waals surface area contributed by atoms with Crippen molar-refractivity contribution in [2.24, 2.45) is 10.2 Å². The summed E-state index contributed by atoms with van der Waals surface area (Å²) in [5, 5.41) is 19.4. The Hall–Kier alpha value is -4.25. The molecule has 172 valence electrons. The Bertz CT molecular complexity index is 1280. The van der Waals surface area contributed by atoms with Gasteiger partial charge in [0.2, 0.25) is 11.1 Å². The largest absolute Gasteiger partial charge is 0.482 e. The summed E-state index contributed by atoms with van der Waals surface area (Å²) in [7, 11) is 0. The maximum absolute atomic E-state index is 13.7. The fourth-order valence-corrected chi connectivity index (χ4v) is 3.43. The maximum atomic E-state index is 13.7. The summed E-state index contributed by atoms with van der Waals surface area (Å²) in [5.74, 6) is 5.71. The molecule has 0 saturated carbocycles. The lowest BCUT2D eigenvalue weighted by Crippen LogP contribution is -2.18. The molecule has 0 radical (unpaired) electrons. The van der Waals surface area contributed by atoms with E-state index < -0.39 is 5.82 Å². The second kappa shape index (κ2) is 11.1. The second-order valence-corrected chi connectivity index (χ2v) is 7.85. The molecule has 1 aromatic heterocycles. The third-order valence-corrected chi connectivity index (χ3v) is 5.39. The van der Waals surface area contributed by atoms with Gasteiger partial charge < -0.3 is 15.9 Å². The Kier molecular flexibility index (Phi) is 7.45.